The summed E-state index contributed by atoms with van der Waals surface area (Å²) in [6.07, 6.45) is 0. The Hall–Kier alpha value is -1.78. The number of carbonyl (C=O) groups is 1. The van der Waals surface area contributed by atoms with E-state index in [4.69, 9.17) is 9.47 Å². The zero-order valence-corrected chi connectivity index (χ0v) is 16.4. The largest absolute Gasteiger partial charge is 0.486 e. The van der Waals surface area contributed by atoms with E-state index < -0.39 is 16.0 Å². The fourth-order valence-electron chi connectivity index (χ4n) is 2.23. The summed E-state index contributed by atoms with van der Waals surface area (Å²) in [5.74, 6) is -0.750. The molecule has 0 spiro atoms. The minimum Gasteiger partial charge on any atom is -0.486 e. The van der Waals surface area contributed by atoms with Crippen LogP contribution in [0.4, 0.5) is 5.69 Å². The van der Waals surface area contributed by atoms with Gasteiger partial charge >= 0.3 is 5.97 Å². The van der Waals surface area contributed by atoms with Gasteiger partial charge in [0, 0.05) is 21.1 Å². The molecule has 0 saturated carbocycles. The van der Waals surface area contributed by atoms with Gasteiger partial charge in [0.15, 0.2) is 11.5 Å². The number of carboxylic acid groups (broad SMARTS) is 1. The van der Waals surface area contributed by atoms with Crippen molar-refractivity contribution in [3.8, 4) is 11.5 Å². The van der Waals surface area contributed by atoms with E-state index in [1.54, 1.807) is 12.1 Å². The van der Waals surface area contributed by atoms with Crippen molar-refractivity contribution in [2.75, 3.05) is 17.9 Å². The predicted molar refractivity (Wildman–Crippen MR) is 97.0 cm³/mol. The number of fused-ring (bicyclic) bond motifs is 1. The molecule has 0 bridgehead atoms. The summed E-state index contributed by atoms with van der Waals surface area (Å²) < 4.78 is 39.3. The maximum absolute atomic E-state index is 12.7. The van der Waals surface area contributed by atoms with Gasteiger partial charge in [0.25, 0.3) is 10.0 Å². The van der Waals surface area contributed by atoms with E-state index in [9.17, 15) is 18.3 Å². The van der Waals surface area contributed by atoms with Crippen LogP contribution in [0.5, 0.6) is 11.5 Å². The number of sulfonamides is 1. The second-order valence-electron chi connectivity index (χ2n) is 5.03. The Morgan fingerprint density at radius 2 is 1.72 bits per heavy atom. The van der Waals surface area contributed by atoms with E-state index in [1.165, 1.54) is 18.2 Å². The van der Waals surface area contributed by atoms with Gasteiger partial charge in [-0.2, -0.15) is 0 Å². The zero-order valence-electron chi connectivity index (χ0n) is 12.5. The maximum atomic E-state index is 12.7. The Balaban J connectivity index is 2.07. The summed E-state index contributed by atoms with van der Waals surface area (Å²) in [4.78, 5) is 11.5. The van der Waals surface area contributed by atoms with Crippen LogP contribution in [-0.4, -0.2) is 32.7 Å². The topological polar surface area (TPSA) is 102 Å². The van der Waals surface area contributed by atoms with Crippen LogP contribution in [0.2, 0.25) is 0 Å². The van der Waals surface area contributed by atoms with Gasteiger partial charge in [-0.3, -0.25) is 4.72 Å². The lowest BCUT2D eigenvalue weighted by atomic mass is 10.1. The Kier molecular flexibility index (Phi) is 4.94. The van der Waals surface area contributed by atoms with Gasteiger partial charge in [0.1, 0.15) is 18.1 Å². The van der Waals surface area contributed by atoms with Crippen LogP contribution in [0.3, 0.4) is 0 Å². The van der Waals surface area contributed by atoms with Crippen LogP contribution in [-0.2, 0) is 10.0 Å². The fourth-order valence-corrected chi connectivity index (χ4v) is 4.81. The molecule has 25 heavy (non-hydrogen) atoms. The molecule has 7 nitrogen and oxygen atoms in total. The summed E-state index contributed by atoms with van der Waals surface area (Å²) in [5, 5.41) is 9.39. The number of aromatic carboxylic acids is 1. The number of benzene rings is 2. The van der Waals surface area contributed by atoms with E-state index in [-0.39, 0.29) is 27.6 Å². The number of hydrogen-bond acceptors (Lipinski definition) is 5. The van der Waals surface area contributed by atoms with Gasteiger partial charge in [-0.1, -0.05) is 15.9 Å². The van der Waals surface area contributed by atoms with E-state index >= 15 is 0 Å². The van der Waals surface area contributed by atoms with E-state index in [1.807, 2.05) is 0 Å². The number of halogens is 2. The van der Waals surface area contributed by atoms with Gasteiger partial charge in [0.05, 0.1) is 11.3 Å². The number of anilines is 1. The highest BCUT2D eigenvalue weighted by molar-refractivity contribution is 9.11. The van der Waals surface area contributed by atoms with E-state index in [0.29, 0.717) is 22.2 Å². The summed E-state index contributed by atoms with van der Waals surface area (Å²) in [6.45, 7) is 0.588. The first kappa shape index (κ1) is 18.0. The molecule has 10 heteroatoms. The molecular formula is C15H11Br2NO6S. The molecule has 1 aliphatic rings. The summed E-state index contributed by atoms with van der Waals surface area (Å²) in [7, 11) is -4.04. The van der Waals surface area contributed by atoms with Crippen molar-refractivity contribution < 1.29 is 27.8 Å². The van der Waals surface area contributed by atoms with Crippen molar-refractivity contribution in [2.45, 2.75) is 4.90 Å². The standard InChI is InChI=1S/C15H11Br2NO6S/c16-8-1-2-10(17)14(5-8)25(21,22)18-11-7-13-12(23-3-4-24-13)6-9(11)15(19)20/h1-2,5-7,18H,3-4H2,(H,19,20). The molecular weight excluding hydrogens is 482 g/mol. The van der Waals surface area contributed by atoms with Crippen molar-refractivity contribution in [1.29, 1.82) is 0 Å². The Labute approximate surface area is 160 Å². The predicted octanol–water partition coefficient (Wildman–Crippen LogP) is 3.48. The van der Waals surface area contributed by atoms with Crippen LogP contribution in [0, 0.1) is 0 Å². The third-order valence-corrected chi connectivity index (χ3v) is 6.19. The van der Waals surface area contributed by atoms with Crippen molar-refractivity contribution in [3.05, 3.63) is 44.8 Å². The average molecular weight is 493 g/mol. The molecule has 0 atom stereocenters. The zero-order chi connectivity index (χ0) is 18.2. The van der Waals surface area contributed by atoms with Crippen molar-refractivity contribution in [2.24, 2.45) is 0 Å². The summed E-state index contributed by atoms with van der Waals surface area (Å²) >= 11 is 6.40. The quantitative estimate of drug-likeness (QED) is 0.677. The molecule has 1 aliphatic heterocycles. The minimum absolute atomic E-state index is 0.0342. The van der Waals surface area contributed by atoms with Gasteiger partial charge in [-0.15, -0.1) is 0 Å². The molecule has 0 fully saturated rings. The van der Waals surface area contributed by atoms with Crippen LogP contribution < -0.4 is 14.2 Å². The van der Waals surface area contributed by atoms with Gasteiger partial charge in [-0.25, -0.2) is 13.2 Å². The number of carboxylic acids is 1. The first-order valence-corrected chi connectivity index (χ1v) is 9.99. The highest BCUT2D eigenvalue weighted by atomic mass is 79.9. The lowest BCUT2D eigenvalue weighted by Gasteiger charge is -2.20. The van der Waals surface area contributed by atoms with Crippen LogP contribution >= 0.6 is 31.9 Å². The third kappa shape index (κ3) is 3.75. The minimum atomic E-state index is -4.04. The summed E-state index contributed by atoms with van der Waals surface area (Å²) in [6, 6.07) is 7.20. The van der Waals surface area contributed by atoms with Crippen LogP contribution in [0.1, 0.15) is 10.4 Å². The van der Waals surface area contributed by atoms with Gasteiger partial charge in [0.2, 0.25) is 0 Å². The van der Waals surface area contributed by atoms with Gasteiger partial charge in [-0.05, 0) is 34.1 Å². The molecule has 132 valence electrons. The third-order valence-electron chi connectivity index (χ3n) is 3.34. The molecule has 0 aromatic heterocycles. The van der Waals surface area contributed by atoms with Crippen LogP contribution in [0.15, 0.2) is 44.2 Å². The second kappa shape index (κ2) is 6.85. The molecule has 2 aromatic carbocycles. The molecule has 0 radical (unpaired) electrons. The molecule has 3 rings (SSSR count). The molecule has 1 heterocycles. The molecule has 2 N–H and O–H groups in total. The average Bonchev–Trinajstić information content (AvgIpc) is 2.55. The normalized spacial score (nSPS) is 13.4. The number of rotatable bonds is 4. The first-order valence-electron chi connectivity index (χ1n) is 6.93. The fraction of sp³-hybridized carbons (Fsp3) is 0.133. The molecule has 0 saturated heterocycles. The lowest BCUT2D eigenvalue weighted by Crippen LogP contribution is -2.19. The van der Waals surface area contributed by atoms with Crippen molar-refractivity contribution in [1.82, 2.24) is 0 Å². The number of nitrogens with one attached hydrogen (secondary N) is 1. The number of ether oxygens (including phenoxy) is 2. The highest BCUT2D eigenvalue weighted by Crippen LogP contribution is 2.37. The monoisotopic (exact) mass is 491 g/mol. The number of hydrogen-bond donors (Lipinski definition) is 2. The Morgan fingerprint density at radius 3 is 2.36 bits per heavy atom. The van der Waals surface area contributed by atoms with Crippen LogP contribution in [0.25, 0.3) is 0 Å². The van der Waals surface area contributed by atoms with E-state index in [0.717, 1.165) is 0 Å². The van der Waals surface area contributed by atoms with Crippen molar-refractivity contribution >= 4 is 53.5 Å². The maximum Gasteiger partial charge on any atom is 0.337 e. The van der Waals surface area contributed by atoms with Gasteiger partial charge < -0.3 is 14.6 Å². The first-order chi connectivity index (χ1) is 11.8. The SMILES string of the molecule is O=C(O)c1cc2c(cc1NS(=O)(=O)c1cc(Br)ccc1Br)OCCO2. The molecule has 0 amide bonds. The molecule has 2 aromatic rings. The molecule has 0 unspecified atom stereocenters. The Morgan fingerprint density at radius 1 is 1.08 bits per heavy atom. The smallest absolute Gasteiger partial charge is 0.337 e. The van der Waals surface area contributed by atoms with Crippen molar-refractivity contribution in [3.63, 3.8) is 0 Å². The highest BCUT2D eigenvalue weighted by Gasteiger charge is 2.24. The Bertz CT molecular complexity index is 961. The lowest BCUT2D eigenvalue weighted by molar-refractivity contribution is 0.0697. The molecule has 0 aliphatic carbocycles. The summed E-state index contributed by atoms with van der Waals surface area (Å²) in [5.41, 5.74) is -0.345. The second-order valence-corrected chi connectivity index (χ2v) is 8.45. The van der Waals surface area contributed by atoms with E-state index in [2.05, 4.69) is 36.6 Å².